The minimum Gasteiger partial charge on any atom is -0.491 e. The van der Waals surface area contributed by atoms with Gasteiger partial charge in [-0.25, -0.2) is 4.79 Å². The van der Waals surface area contributed by atoms with Crippen molar-refractivity contribution in [3.05, 3.63) is 46.3 Å². The third-order valence-electron chi connectivity index (χ3n) is 2.58. The van der Waals surface area contributed by atoms with E-state index in [1.807, 2.05) is 6.07 Å². The van der Waals surface area contributed by atoms with E-state index in [1.54, 1.807) is 12.1 Å². The molecule has 1 N–H and O–H groups in total. The third kappa shape index (κ3) is 3.52. The molecule has 0 spiro atoms. The Morgan fingerprint density at radius 1 is 1.50 bits per heavy atom. The molecule has 0 unspecified atom stereocenters. The molecule has 0 amide bonds. The molecule has 0 aliphatic heterocycles. The number of carboxylic acid groups (broad SMARTS) is 1. The Balaban J connectivity index is 2.16. The quantitative estimate of drug-likeness (QED) is 0.799. The zero-order valence-electron chi connectivity index (χ0n) is 10.3. The summed E-state index contributed by atoms with van der Waals surface area (Å²) in [5, 5.41) is 13.9. The Hall–Kier alpha value is -1.53. The van der Waals surface area contributed by atoms with Crippen molar-refractivity contribution in [2.75, 3.05) is 11.9 Å². The Labute approximate surface area is 128 Å². The lowest BCUT2D eigenvalue weighted by Gasteiger charge is -2.08. The van der Waals surface area contributed by atoms with Gasteiger partial charge in [-0.1, -0.05) is 38.8 Å². The van der Waals surface area contributed by atoms with E-state index in [0.29, 0.717) is 34.8 Å². The smallest absolute Gasteiger partial charge is 0.340 e. The number of hydrogen-bond acceptors (Lipinski definition) is 4. The molecule has 1 aromatic carbocycles. The van der Waals surface area contributed by atoms with Crippen LogP contribution in [0.3, 0.4) is 0 Å². The first-order chi connectivity index (χ1) is 9.61. The van der Waals surface area contributed by atoms with Gasteiger partial charge in [-0.05, 0) is 17.7 Å². The highest BCUT2D eigenvalue weighted by Gasteiger charge is 2.15. The average Bonchev–Trinajstić information content (AvgIpc) is 2.86. The molecule has 2 aromatic rings. The summed E-state index contributed by atoms with van der Waals surface area (Å²) in [6, 6.07) is 5.29. The minimum atomic E-state index is -1.07. The first kappa shape index (κ1) is 14.9. The molecule has 0 radical (unpaired) electrons. The van der Waals surface area contributed by atoms with Crippen LogP contribution in [-0.4, -0.2) is 28.2 Å². The first-order valence-electron chi connectivity index (χ1n) is 5.75. The highest BCUT2D eigenvalue weighted by atomic mass is 79.9. The number of carboxylic acids is 1. The maximum Gasteiger partial charge on any atom is 0.340 e. The molecule has 0 saturated heterocycles. The molecule has 0 aliphatic rings. The van der Waals surface area contributed by atoms with Crippen molar-refractivity contribution in [3.63, 3.8) is 0 Å². The number of aromatic carboxylic acids is 1. The summed E-state index contributed by atoms with van der Waals surface area (Å²) >= 11 is 9.37. The van der Waals surface area contributed by atoms with E-state index in [4.69, 9.17) is 26.0 Å². The fourth-order valence-corrected chi connectivity index (χ4v) is 2.09. The van der Waals surface area contributed by atoms with Crippen LogP contribution in [-0.2, 0) is 6.42 Å². The average molecular weight is 361 g/mol. The van der Waals surface area contributed by atoms with Crippen LogP contribution in [0.15, 0.2) is 29.0 Å². The Kier molecular flexibility index (Phi) is 5.03. The lowest BCUT2D eigenvalue weighted by atomic mass is 10.1. The van der Waals surface area contributed by atoms with Crippen molar-refractivity contribution in [1.82, 2.24) is 5.16 Å². The van der Waals surface area contributed by atoms with Crippen molar-refractivity contribution >= 4 is 33.5 Å². The van der Waals surface area contributed by atoms with Gasteiger partial charge in [-0.3, -0.25) is 0 Å². The van der Waals surface area contributed by atoms with E-state index < -0.39 is 5.97 Å². The topological polar surface area (TPSA) is 72.6 Å². The molecule has 0 aliphatic carbocycles. The Morgan fingerprint density at radius 2 is 2.30 bits per heavy atom. The van der Waals surface area contributed by atoms with Crippen molar-refractivity contribution in [1.29, 1.82) is 0 Å². The molecule has 0 bridgehead atoms. The van der Waals surface area contributed by atoms with Gasteiger partial charge >= 0.3 is 5.97 Å². The normalized spacial score (nSPS) is 10.5. The van der Waals surface area contributed by atoms with E-state index in [1.165, 1.54) is 0 Å². The highest BCUT2D eigenvalue weighted by Crippen LogP contribution is 2.26. The van der Waals surface area contributed by atoms with Crippen LogP contribution in [0.4, 0.5) is 0 Å². The van der Waals surface area contributed by atoms with Crippen LogP contribution >= 0.6 is 27.5 Å². The van der Waals surface area contributed by atoms with Gasteiger partial charge in [0.15, 0.2) is 0 Å². The summed E-state index contributed by atoms with van der Waals surface area (Å²) in [5.74, 6) is -0.474. The maximum absolute atomic E-state index is 11.0. The molecular weight excluding hydrogens is 350 g/mol. The summed E-state index contributed by atoms with van der Waals surface area (Å²) in [5.41, 5.74) is 1.25. The number of halogens is 2. The number of rotatable bonds is 6. The number of nitrogens with zero attached hydrogens (tertiary/aromatic N) is 1. The van der Waals surface area contributed by atoms with Crippen molar-refractivity contribution in [2.24, 2.45) is 0 Å². The molecular formula is C13H11BrClNO4. The monoisotopic (exact) mass is 359 g/mol. The molecule has 1 heterocycles. The second kappa shape index (κ2) is 6.76. The third-order valence-corrected chi connectivity index (χ3v) is 3.20. The molecule has 0 fully saturated rings. The molecule has 5 nitrogen and oxygen atoms in total. The number of alkyl halides is 1. The van der Waals surface area contributed by atoms with E-state index in [2.05, 4.69) is 21.1 Å². The van der Waals surface area contributed by atoms with E-state index in [-0.39, 0.29) is 5.56 Å². The number of hydrogen-bond donors (Lipinski definition) is 1. The second-order valence-electron chi connectivity index (χ2n) is 3.96. The minimum absolute atomic E-state index is 0.0562. The molecule has 106 valence electrons. The first-order valence-corrected chi connectivity index (χ1v) is 7.25. The summed E-state index contributed by atoms with van der Waals surface area (Å²) in [7, 11) is 0. The molecule has 2 rings (SSSR count). The van der Waals surface area contributed by atoms with Gasteiger partial charge in [0.2, 0.25) is 0 Å². The number of ether oxygens (including phenoxy) is 1. The number of carbonyl (C=O) groups is 1. The van der Waals surface area contributed by atoms with E-state index in [9.17, 15) is 4.79 Å². The lowest BCUT2D eigenvalue weighted by Crippen LogP contribution is -2.02. The van der Waals surface area contributed by atoms with E-state index >= 15 is 0 Å². The van der Waals surface area contributed by atoms with Crippen molar-refractivity contribution < 1.29 is 19.2 Å². The van der Waals surface area contributed by atoms with Crippen LogP contribution < -0.4 is 4.74 Å². The van der Waals surface area contributed by atoms with Crippen LogP contribution in [0.2, 0.25) is 5.02 Å². The summed E-state index contributed by atoms with van der Waals surface area (Å²) in [4.78, 5) is 11.0. The summed E-state index contributed by atoms with van der Waals surface area (Å²) < 4.78 is 10.1. The standard InChI is InChI=1S/C13H11BrClNO4/c14-3-4-19-12-2-1-8(5-10(12)15)6-11-9(13(17)18)7-20-16-11/h1-2,5,7H,3-4,6H2,(H,17,18). The maximum atomic E-state index is 11.0. The number of benzene rings is 1. The molecule has 20 heavy (non-hydrogen) atoms. The fourth-order valence-electron chi connectivity index (χ4n) is 1.67. The van der Waals surface area contributed by atoms with E-state index in [0.717, 1.165) is 11.8 Å². The van der Waals surface area contributed by atoms with Gasteiger partial charge in [0.05, 0.1) is 11.6 Å². The van der Waals surface area contributed by atoms with Gasteiger partial charge in [-0.2, -0.15) is 0 Å². The second-order valence-corrected chi connectivity index (χ2v) is 5.16. The van der Waals surface area contributed by atoms with Crippen molar-refractivity contribution in [3.8, 4) is 5.75 Å². The highest BCUT2D eigenvalue weighted by molar-refractivity contribution is 9.09. The van der Waals surface area contributed by atoms with Crippen LogP contribution in [0.5, 0.6) is 5.75 Å². The Bertz CT molecular complexity index is 614. The molecule has 0 saturated carbocycles. The SMILES string of the molecule is O=C(O)c1conc1Cc1ccc(OCCBr)c(Cl)c1. The predicted octanol–water partition coefficient (Wildman–Crippen LogP) is 3.39. The van der Waals surface area contributed by atoms with Crippen LogP contribution in [0, 0.1) is 0 Å². The largest absolute Gasteiger partial charge is 0.491 e. The number of aromatic nitrogens is 1. The Morgan fingerprint density at radius 3 is 2.95 bits per heavy atom. The summed E-state index contributed by atoms with van der Waals surface area (Å²) in [6.45, 7) is 0.519. The van der Waals surface area contributed by atoms with Gasteiger partial charge in [0.25, 0.3) is 0 Å². The van der Waals surface area contributed by atoms with Gasteiger partial charge in [-0.15, -0.1) is 0 Å². The molecule has 0 atom stereocenters. The van der Waals surface area contributed by atoms with Gasteiger partial charge < -0.3 is 14.4 Å². The van der Waals surface area contributed by atoms with Gasteiger partial charge in [0.1, 0.15) is 23.3 Å². The lowest BCUT2D eigenvalue weighted by molar-refractivity contribution is 0.0695. The summed E-state index contributed by atoms with van der Waals surface area (Å²) in [6.07, 6.45) is 1.45. The molecule has 7 heteroatoms. The predicted molar refractivity (Wildman–Crippen MR) is 77.0 cm³/mol. The zero-order valence-corrected chi connectivity index (χ0v) is 12.6. The van der Waals surface area contributed by atoms with Gasteiger partial charge in [0, 0.05) is 11.8 Å². The van der Waals surface area contributed by atoms with Crippen molar-refractivity contribution in [2.45, 2.75) is 6.42 Å². The van der Waals surface area contributed by atoms with Crippen LogP contribution in [0.1, 0.15) is 21.6 Å². The zero-order chi connectivity index (χ0) is 14.5. The van der Waals surface area contributed by atoms with Crippen LogP contribution in [0.25, 0.3) is 0 Å². The molecule has 1 aromatic heterocycles. The fraction of sp³-hybridized carbons (Fsp3) is 0.231.